The quantitative estimate of drug-likeness (QED) is 0.752. The summed E-state index contributed by atoms with van der Waals surface area (Å²) >= 11 is 0. The SMILES string of the molecule is CCCCN(C)C(=O)c1ccc(S(=O)(=O)N[C@@H]2CCS(=O)(=O)C2)cc1. The molecule has 9 heteroatoms. The molecule has 0 aromatic heterocycles. The fourth-order valence-electron chi connectivity index (χ4n) is 2.67. The molecule has 0 radical (unpaired) electrons. The van der Waals surface area contributed by atoms with Crippen LogP contribution in [0, 0.1) is 0 Å². The van der Waals surface area contributed by atoms with Crippen LogP contribution in [0.4, 0.5) is 0 Å². The highest BCUT2D eigenvalue weighted by Gasteiger charge is 2.31. The summed E-state index contributed by atoms with van der Waals surface area (Å²) in [6, 6.07) is 5.09. The number of sulfonamides is 1. The van der Waals surface area contributed by atoms with Gasteiger partial charge in [0.15, 0.2) is 9.84 Å². The van der Waals surface area contributed by atoms with Gasteiger partial charge < -0.3 is 4.90 Å². The third-order valence-electron chi connectivity index (χ3n) is 4.16. The molecule has 1 aromatic carbocycles. The number of unbranched alkanes of at least 4 members (excludes halogenated alkanes) is 1. The fourth-order valence-corrected chi connectivity index (χ4v) is 5.72. The molecule has 2 rings (SSSR count). The largest absolute Gasteiger partial charge is 0.342 e. The zero-order valence-electron chi connectivity index (χ0n) is 14.4. The van der Waals surface area contributed by atoms with Crippen molar-refractivity contribution in [2.45, 2.75) is 37.1 Å². The van der Waals surface area contributed by atoms with E-state index >= 15 is 0 Å². The molecule has 0 unspecified atom stereocenters. The lowest BCUT2D eigenvalue weighted by Gasteiger charge is -2.17. The first-order chi connectivity index (χ1) is 11.6. The summed E-state index contributed by atoms with van der Waals surface area (Å²) < 4.78 is 50.0. The highest BCUT2D eigenvalue weighted by atomic mass is 32.2. The molecule has 0 saturated carbocycles. The van der Waals surface area contributed by atoms with E-state index in [9.17, 15) is 21.6 Å². The van der Waals surface area contributed by atoms with Crippen molar-refractivity contribution in [3.63, 3.8) is 0 Å². The first-order valence-electron chi connectivity index (χ1n) is 8.23. The second-order valence-corrected chi connectivity index (χ2v) is 10.3. The molecule has 1 saturated heterocycles. The highest BCUT2D eigenvalue weighted by Crippen LogP contribution is 2.17. The van der Waals surface area contributed by atoms with Crippen LogP contribution < -0.4 is 4.72 Å². The Morgan fingerprint density at radius 3 is 2.44 bits per heavy atom. The lowest BCUT2D eigenvalue weighted by Crippen LogP contribution is -2.35. The lowest BCUT2D eigenvalue weighted by atomic mass is 10.2. The minimum atomic E-state index is -3.81. The molecule has 1 fully saturated rings. The third-order valence-corrected chi connectivity index (χ3v) is 7.46. The normalized spacial score (nSPS) is 19.7. The van der Waals surface area contributed by atoms with Gasteiger partial charge in [0.25, 0.3) is 5.91 Å². The molecule has 140 valence electrons. The summed E-state index contributed by atoms with van der Waals surface area (Å²) in [5.41, 5.74) is 0.418. The van der Waals surface area contributed by atoms with Gasteiger partial charge >= 0.3 is 0 Å². The molecule has 1 aromatic rings. The van der Waals surface area contributed by atoms with E-state index in [-0.39, 0.29) is 28.7 Å². The van der Waals surface area contributed by atoms with Crippen molar-refractivity contribution in [1.82, 2.24) is 9.62 Å². The predicted octanol–water partition coefficient (Wildman–Crippen LogP) is 1.02. The molecule has 1 heterocycles. The molecule has 1 aliphatic rings. The summed E-state index contributed by atoms with van der Waals surface area (Å²) in [5, 5.41) is 0. The van der Waals surface area contributed by atoms with Crippen molar-refractivity contribution < 1.29 is 21.6 Å². The number of amides is 1. The molecular formula is C16H24N2O5S2. The van der Waals surface area contributed by atoms with Crippen LogP contribution in [0.1, 0.15) is 36.5 Å². The van der Waals surface area contributed by atoms with Gasteiger partial charge in [-0.3, -0.25) is 4.79 Å². The van der Waals surface area contributed by atoms with Gasteiger partial charge in [-0.15, -0.1) is 0 Å². The van der Waals surface area contributed by atoms with Crippen molar-refractivity contribution >= 4 is 25.8 Å². The van der Waals surface area contributed by atoms with Gasteiger partial charge in [-0.2, -0.15) is 0 Å². The minimum absolute atomic E-state index is 0.00226. The Hall–Kier alpha value is -1.45. The standard InChI is InChI=1S/C16H24N2O5S2/c1-3-4-10-18(2)16(19)13-5-7-15(8-6-13)25(22,23)17-14-9-11-24(20,21)12-14/h5-8,14,17H,3-4,9-12H2,1-2H3/t14-/m1/s1. The maximum absolute atomic E-state index is 12.4. The van der Waals surface area contributed by atoms with E-state index in [1.807, 2.05) is 6.92 Å². The van der Waals surface area contributed by atoms with Gasteiger partial charge in [-0.25, -0.2) is 21.6 Å². The molecule has 0 bridgehead atoms. The van der Waals surface area contributed by atoms with Crippen LogP contribution >= 0.6 is 0 Å². The number of hydrogen-bond donors (Lipinski definition) is 1. The van der Waals surface area contributed by atoms with Crippen molar-refractivity contribution in [3.8, 4) is 0 Å². The molecular weight excluding hydrogens is 364 g/mol. The number of sulfone groups is 1. The van der Waals surface area contributed by atoms with E-state index < -0.39 is 25.9 Å². The lowest BCUT2D eigenvalue weighted by molar-refractivity contribution is 0.0793. The topological polar surface area (TPSA) is 101 Å². The molecule has 1 aliphatic heterocycles. The number of hydrogen-bond acceptors (Lipinski definition) is 5. The maximum Gasteiger partial charge on any atom is 0.253 e. The number of nitrogens with one attached hydrogen (secondary N) is 1. The van der Waals surface area contributed by atoms with Crippen molar-refractivity contribution in [2.75, 3.05) is 25.1 Å². The molecule has 0 spiro atoms. The number of carbonyl (C=O) groups excluding carboxylic acids is 1. The summed E-state index contributed by atoms with van der Waals surface area (Å²) in [6.45, 7) is 2.69. The van der Waals surface area contributed by atoms with Gasteiger partial charge in [0.1, 0.15) is 0 Å². The first kappa shape index (κ1) is 19.9. The van der Waals surface area contributed by atoms with Crippen LogP contribution in [-0.4, -0.2) is 58.8 Å². The Labute approximate surface area is 149 Å². The summed E-state index contributed by atoms with van der Waals surface area (Å²) in [4.78, 5) is 13.9. The Kier molecular flexibility index (Phi) is 6.23. The molecule has 1 N–H and O–H groups in total. The number of benzene rings is 1. The van der Waals surface area contributed by atoms with Crippen molar-refractivity contribution in [2.24, 2.45) is 0 Å². The first-order valence-corrected chi connectivity index (χ1v) is 11.5. The van der Waals surface area contributed by atoms with E-state index in [2.05, 4.69) is 4.72 Å². The Morgan fingerprint density at radius 1 is 1.28 bits per heavy atom. The third kappa shape index (κ3) is 5.26. The van der Waals surface area contributed by atoms with Gasteiger partial charge in [-0.1, -0.05) is 13.3 Å². The van der Waals surface area contributed by atoms with Crippen molar-refractivity contribution in [3.05, 3.63) is 29.8 Å². The van der Waals surface area contributed by atoms with Gasteiger partial charge in [0, 0.05) is 25.2 Å². The Morgan fingerprint density at radius 2 is 1.92 bits per heavy atom. The second kappa shape index (κ2) is 7.84. The maximum atomic E-state index is 12.4. The number of carbonyl (C=O) groups is 1. The monoisotopic (exact) mass is 388 g/mol. The van der Waals surface area contributed by atoms with E-state index in [1.165, 1.54) is 24.3 Å². The Balaban J connectivity index is 2.07. The molecule has 7 nitrogen and oxygen atoms in total. The minimum Gasteiger partial charge on any atom is -0.342 e. The second-order valence-electron chi connectivity index (χ2n) is 6.33. The van der Waals surface area contributed by atoms with Crippen LogP contribution in [0.15, 0.2) is 29.2 Å². The number of nitrogens with zero attached hydrogens (tertiary/aromatic N) is 1. The zero-order valence-corrected chi connectivity index (χ0v) is 16.1. The zero-order chi connectivity index (χ0) is 18.7. The van der Waals surface area contributed by atoms with Crippen LogP contribution in [0.25, 0.3) is 0 Å². The summed E-state index contributed by atoms with van der Waals surface area (Å²) in [5.74, 6) is -0.338. The summed E-state index contributed by atoms with van der Waals surface area (Å²) in [6.07, 6.45) is 2.17. The van der Waals surface area contributed by atoms with E-state index in [0.717, 1.165) is 12.8 Å². The van der Waals surface area contributed by atoms with Crippen molar-refractivity contribution in [1.29, 1.82) is 0 Å². The predicted molar refractivity (Wildman–Crippen MR) is 95.7 cm³/mol. The van der Waals surface area contributed by atoms with Gasteiger partial charge in [0.05, 0.1) is 16.4 Å². The van der Waals surface area contributed by atoms with E-state index in [0.29, 0.717) is 12.1 Å². The average molecular weight is 389 g/mol. The molecule has 25 heavy (non-hydrogen) atoms. The molecule has 1 atom stereocenters. The Bertz CT molecular complexity index is 817. The highest BCUT2D eigenvalue weighted by molar-refractivity contribution is 7.92. The van der Waals surface area contributed by atoms with E-state index in [4.69, 9.17) is 0 Å². The fraction of sp³-hybridized carbons (Fsp3) is 0.562. The number of rotatable bonds is 7. The molecule has 1 amide bonds. The smallest absolute Gasteiger partial charge is 0.253 e. The molecule has 0 aliphatic carbocycles. The van der Waals surface area contributed by atoms with Crippen LogP contribution in [0.5, 0.6) is 0 Å². The van der Waals surface area contributed by atoms with Gasteiger partial charge in [-0.05, 0) is 37.1 Å². The van der Waals surface area contributed by atoms with Crippen LogP contribution in [-0.2, 0) is 19.9 Å². The average Bonchev–Trinajstić information content (AvgIpc) is 2.89. The van der Waals surface area contributed by atoms with Gasteiger partial charge in [0.2, 0.25) is 10.0 Å². The van der Waals surface area contributed by atoms with E-state index in [1.54, 1.807) is 11.9 Å². The van der Waals surface area contributed by atoms with Crippen LogP contribution in [0.2, 0.25) is 0 Å². The van der Waals surface area contributed by atoms with Crippen LogP contribution in [0.3, 0.4) is 0 Å². The summed E-state index contributed by atoms with van der Waals surface area (Å²) in [7, 11) is -5.26.